The number of benzene rings is 2. The van der Waals surface area contributed by atoms with Gasteiger partial charge in [0.1, 0.15) is 12.4 Å². The molecule has 1 unspecified atom stereocenters. The van der Waals surface area contributed by atoms with Gasteiger partial charge in [0.05, 0.1) is 10.9 Å². The smallest absolute Gasteiger partial charge is 0.251 e. The molecule has 0 saturated carbocycles. The molecule has 0 aliphatic rings. The number of carbonyl (C=O) groups is 1. The second-order valence-corrected chi connectivity index (χ2v) is 9.81. The maximum atomic E-state index is 13.6. The molecule has 0 saturated heterocycles. The van der Waals surface area contributed by atoms with E-state index in [1.807, 2.05) is 17.5 Å². The van der Waals surface area contributed by atoms with Crippen LogP contribution in [-0.4, -0.2) is 33.5 Å². The van der Waals surface area contributed by atoms with E-state index in [-0.39, 0.29) is 29.4 Å². The van der Waals surface area contributed by atoms with Gasteiger partial charge in [-0.2, -0.15) is 0 Å². The second kappa shape index (κ2) is 10.7. The number of hydrogen-bond donors (Lipinski definition) is 2. The molecule has 2 aromatic carbocycles. The third kappa shape index (κ3) is 6.59. The second-order valence-electron chi connectivity index (χ2n) is 7.01. The lowest BCUT2D eigenvalue weighted by molar-refractivity contribution is 0.0926. The quantitative estimate of drug-likeness (QED) is 0.463. The highest BCUT2D eigenvalue weighted by molar-refractivity contribution is 7.89. The van der Waals surface area contributed by atoms with E-state index in [0.29, 0.717) is 12.5 Å². The molecule has 0 radical (unpaired) electrons. The van der Waals surface area contributed by atoms with E-state index in [1.54, 1.807) is 18.3 Å². The Balaban J connectivity index is 1.51. The van der Waals surface area contributed by atoms with Gasteiger partial charge in [-0.1, -0.05) is 6.07 Å². The minimum atomic E-state index is -3.68. The molecule has 0 bridgehead atoms. The minimum Gasteiger partial charge on any atom is -0.488 e. The zero-order valence-corrected chi connectivity index (χ0v) is 18.8. The number of amides is 1. The first-order valence-corrected chi connectivity index (χ1v) is 12.1. The van der Waals surface area contributed by atoms with Crippen molar-refractivity contribution in [3.8, 4) is 5.75 Å². The van der Waals surface area contributed by atoms with Crippen molar-refractivity contribution in [2.45, 2.75) is 24.3 Å². The van der Waals surface area contributed by atoms with Crippen molar-refractivity contribution in [3.63, 3.8) is 0 Å². The Hall–Kier alpha value is -2.82. The lowest BCUT2D eigenvalue weighted by Crippen LogP contribution is -2.36. The van der Waals surface area contributed by atoms with Gasteiger partial charge < -0.3 is 10.1 Å². The first kappa shape index (κ1) is 23.8. The van der Waals surface area contributed by atoms with Crippen LogP contribution in [0.25, 0.3) is 0 Å². The Bertz CT molecular complexity index is 1150. The summed E-state index contributed by atoms with van der Waals surface area (Å²) in [5.74, 6) is -2.09. The van der Waals surface area contributed by atoms with Crippen molar-refractivity contribution < 1.29 is 26.7 Å². The third-order valence-electron chi connectivity index (χ3n) is 4.43. The molecule has 0 aliphatic carbocycles. The molecule has 3 rings (SSSR count). The Kier molecular flexibility index (Phi) is 7.94. The van der Waals surface area contributed by atoms with Crippen LogP contribution in [0.15, 0.2) is 64.9 Å². The van der Waals surface area contributed by atoms with Gasteiger partial charge in [-0.05, 0) is 61.2 Å². The van der Waals surface area contributed by atoms with Crippen molar-refractivity contribution >= 4 is 27.3 Å². The highest BCUT2D eigenvalue weighted by Crippen LogP contribution is 2.18. The Morgan fingerprint density at radius 2 is 1.88 bits per heavy atom. The van der Waals surface area contributed by atoms with Crippen LogP contribution < -0.4 is 14.8 Å². The summed E-state index contributed by atoms with van der Waals surface area (Å²) in [5.41, 5.74) is 0.266. The van der Waals surface area contributed by atoms with Gasteiger partial charge in [0.15, 0.2) is 11.6 Å². The first-order valence-electron chi connectivity index (χ1n) is 9.75. The average molecular weight is 481 g/mol. The molecule has 0 spiro atoms. The summed E-state index contributed by atoms with van der Waals surface area (Å²) in [6.07, 6.45) is 0.596. The van der Waals surface area contributed by atoms with E-state index in [1.165, 1.54) is 30.3 Å². The minimum absolute atomic E-state index is 0.0328. The molecule has 1 heterocycles. The molecule has 10 heteroatoms. The number of hydrogen-bond acceptors (Lipinski definition) is 5. The predicted octanol–water partition coefficient (Wildman–Crippen LogP) is 3.74. The number of sulfonamides is 1. The third-order valence-corrected chi connectivity index (χ3v) is 6.84. The first-order chi connectivity index (χ1) is 15.2. The normalized spacial score (nSPS) is 12.3. The lowest BCUT2D eigenvalue weighted by atomic mass is 10.2. The van der Waals surface area contributed by atoms with Crippen molar-refractivity contribution in [2.24, 2.45) is 0 Å². The summed E-state index contributed by atoms with van der Waals surface area (Å²) < 4.78 is 59.2. The van der Waals surface area contributed by atoms with Crippen LogP contribution in [0.5, 0.6) is 5.75 Å². The summed E-state index contributed by atoms with van der Waals surface area (Å²) in [6.45, 7) is 1.90. The topological polar surface area (TPSA) is 84.5 Å². The molecule has 2 N–H and O–H groups in total. The van der Waals surface area contributed by atoms with Crippen LogP contribution in [0.1, 0.15) is 22.2 Å². The standard InChI is InChI=1S/C22H22F2N2O4S2/c1-15(14-30-21-9-6-17(23)13-20(21)24)26-22(27)16-4-7-19(8-5-16)32(28,29)25-11-10-18-3-2-12-31-18/h2-9,12-13,15,25H,10-11,14H2,1H3,(H,26,27). The fourth-order valence-corrected chi connectivity index (χ4v) is 4.53. The Morgan fingerprint density at radius 1 is 1.12 bits per heavy atom. The zero-order valence-electron chi connectivity index (χ0n) is 17.2. The number of carbonyl (C=O) groups excluding carboxylic acids is 1. The molecular weight excluding hydrogens is 458 g/mol. The van der Waals surface area contributed by atoms with Gasteiger partial charge in [0.25, 0.3) is 5.91 Å². The fourth-order valence-electron chi connectivity index (χ4n) is 2.79. The monoisotopic (exact) mass is 480 g/mol. The molecule has 1 amide bonds. The van der Waals surface area contributed by atoms with Crippen molar-refractivity contribution in [2.75, 3.05) is 13.2 Å². The molecule has 1 aromatic heterocycles. The van der Waals surface area contributed by atoms with Gasteiger partial charge in [-0.15, -0.1) is 11.3 Å². The van der Waals surface area contributed by atoms with Crippen LogP contribution in [0.2, 0.25) is 0 Å². The fraction of sp³-hybridized carbons (Fsp3) is 0.227. The predicted molar refractivity (Wildman–Crippen MR) is 118 cm³/mol. The van der Waals surface area contributed by atoms with E-state index >= 15 is 0 Å². The van der Waals surface area contributed by atoms with Crippen LogP contribution in [0.4, 0.5) is 8.78 Å². The highest BCUT2D eigenvalue weighted by atomic mass is 32.2. The number of nitrogens with one attached hydrogen (secondary N) is 2. The summed E-state index contributed by atoms with van der Waals surface area (Å²) in [6, 6.07) is 11.9. The SMILES string of the molecule is CC(COc1ccc(F)cc1F)NC(=O)c1ccc(S(=O)(=O)NCCc2cccs2)cc1. The van der Waals surface area contributed by atoms with E-state index in [4.69, 9.17) is 4.74 Å². The van der Waals surface area contributed by atoms with Crippen LogP contribution >= 0.6 is 11.3 Å². The maximum absolute atomic E-state index is 13.6. The number of rotatable bonds is 10. The van der Waals surface area contributed by atoms with Crippen molar-refractivity contribution in [1.29, 1.82) is 0 Å². The van der Waals surface area contributed by atoms with Crippen molar-refractivity contribution in [3.05, 3.63) is 82.1 Å². The summed E-state index contributed by atoms with van der Waals surface area (Å²) in [7, 11) is -3.68. The largest absolute Gasteiger partial charge is 0.488 e. The molecule has 170 valence electrons. The lowest BCUT2D eigenvalue weighted by Gasteiger charge is -2.15. The molecule has 6 nitrogen and oxygen atoms in total. The number of thiophene rings is 1. The van der Waals surface area contributed by atoms with Crippen LogP contribution in [0, 0.1) is 11.6 Å². The molecule has 0 aliphatic heterocycles. The summed E-state index contributed by atoms with van der Waals surface area (Å²) in [4.78, 5) is 13.5. The molecule has 0 fully saturated rings. The summed E-state index contributed by atoms with van der Waals surface area (Å²) >= 11 is 1.56. The average Bonchev–Trinajstić information content (AvgIpc) is 3.26. The molecule has 3 aromatic rings. The molecule has 32 heavy (non-hydrogen) atoms. The van der Waals surface area contributed by atoms with Crippen LogP contribution in [0.3, 0.4) is 0 Å². The molecule has 1 atom stereocenters. The Morgan fingerprint density at radius 3 is 2.53 bits per heavy atom. The van der Waals surface area contributed by atoms with Crippen molar-refractivity contribution in [1.82, 2.24) is 10.0 Å². The van der Waals surface area contributed by atoms with E-state index in [2.05, 4.69) is 10.0 Å². The van der Waals surface area contributed by atoms with Crippen LogP contribution in [-0.2, 0) is 16.4 Å². The van der Waals surface area contributed by atoms with E-state index in [9.17, 15) is 22.0 Å². The highest BCUT2D eigenvalue weighted by Gasteiger charge is 2.16. The van der Waals surface area contributed by atoms with Gasteiger partial charge in [-0.25, -0.2) is 21.9 Å². The van der Waals surface area contributed by atoms with Gasteiger partial charge in [0.2, 0.25) is 10.0 Å². The van der Waals surface area contributed by atoms with Gasteiger partial charge in [-0.3, -0.25) is 4.79 Å². The van der Waals surface area contributed by atoms with Gasteiger partial charge in [0, 0.05) is 23.1 Å². The van der Waals surface area contributed by atoms with E-state index in [0.717, 1.165) is 10.9 Å². The summed E-state index contributed by atoms with van der Waals surface area (Å²) in [5, 5.41) is 4.61. The maximum Gasteiger partial charge on any atom is 0.251 e. The molecular formula is C22H22F2N2O4S2. The number of halogens is 2. The van der Waals surface area contributed by atoms with Gasteiger partial charge >= 0.3 is 0 Å². The van der Waals surface area contributed by atoms with E-state index < -0.39 is 33.6 Å². The number of ether oxygens (including phenoxy) is 1. The Labute approximate surface area is 189 Å². The zero-order chi connectivity index (χ0) is 23.1.